The normalized spacial score (nSPS) is 10.5. The molecule has 0 atom stereocenters. The Balaban J connectivity index is 2.14. The second-order valence-electron chi connectivity index (χ2n) is 4.46. The van der Waals surface area contributed by atoms with Gasteiger partial charge in [0.15, 0.2) is 5.82 Å². The number of aryl methyl sites for hydroxylation is 2. The van der Waals surface area contributed by atoms with Gasteiger partial charge in [-0.15, -0.1) is 0 Å². The maximum Gasteiger partial charge on any atom is 0.254 e. The number of carbonyl (C=O) groups is 1. The van der Waals surface area contributed by atoms with Crippen molar-refractivity contribution in [2.45, 2.75) is 20.4 Å². The molecule has 0 bridgehead atoms. The van der Waals surface area contributed by atoms with E-state index in [1.165, 1.54) is 23.1 Å². The Morgan fingerprint density at radius 2 is 2.16 bits per heavy atom. The first-order valence-corrected chi connectivity index (χ1v) is 5.87. The Bertz CT molecular complexity index is 608. The van der Waals surface area contributed by atoms with Crippen molar-refractivity contribution in [2.75, 3.05) is 7.05 Å². The lowest BCUT2D eigenvalue weighted by molar-refractivity contribution is 0.0781. The van der Waals surface area contributed by atoms with Crippen molar-refractivity contribution in [3.63, 3.8) is 0 Å². The summed E-state index contributed by atoms with van der Waals surface area (Å²) in [5.41, 5.74) is 1.10. The molecule has 1 amide bonds. The summed E-state index contributed by atoms with van der Waals surface area (Å²) in [7, 11) is 1.66. The molecular weight excluding hydrogens is 247 g/mol. The van der Waals surface area contributed by atoms with Crippen LogP contribution in [0, 0.1) is 19.7 Å². The van der Waals surface area contributed by atoms with E-state index in [0.29, 0.717) is 29.3 Å². The van der Waals surface area contributed by atoms with E-state index in [-0.39, 0.29) is 11.7 Å². The van der Waals surface area contributed by atoms with Crippen LogP contribution in [0.3, 0.4) is 0 Å². The number of halogens is 1. The van der Waals surface area contributed by atoms with E-state index in [9.17, 15) is 9.18 Å². The topological polar surface area (TPSA) is 61.9 Å². The quantitative estimate of drug-likeness (QED) is 0.918. The Kier molecular flexibility index (Phi) is 3.59. The van der Waals surface area contributed by atoms with Crippen LogP contribution in [0.1, 0.15) is 27.6 Å². The van der Waals surface area contributed by atoms with E-state index >= 15 is 0 Å². The number of nitrogens with one attached hydrogen (secondary N) is 1. The zero-order valence-electron chi connectivity index (χ0n) is 11.1. The first-order chi connectivity index (χ1) is 8.97. The van der Waals surface area contributed by atoms with Crippen molar-refractivity contribution in [1.82, 2.24) is 20.1 Å². The number of hydrogen-bond acceptors (Lipinski definition) is 3. The molecule has 100 valence electrons. The monoisotopic (exact) mass is 262 g/mol. The molecule has 1 aromatic carbocycles. The van der Waals surface area contributed by atoms with E-state index in [1.807, 2.05) is 0 Å². The van der Waals surface area contributed by atoms with Crippen LogP contribution in [-0.4, -0.2) is 33.0 Å². The highest BCUT2D eigenvalue weighted by atomic mass is 19.1. The number of aromatic nitrogens is 3. The largest absolute Gasteiger partial charge is 0.334 e. The molecule has 0 aliphatic rings. The fourth-order valence-corrected chi connectivity index (χ4v) is 1.82. The van der Waals surface area contributed by atoms with Gasteiger partial charge in [0.1, 0.15) is 11.6 Å². The highest BCUT2D eigenvalue weighted by molar-refractivity contribution is 5.95. The molecule has 0 aliphatic heterocycles. The van der Waals surface area contributed by atoms with Crippen molar-refractivity contribution < 1.29 is 9.18 Å². The van der Waals surface area contributed by atoms with E-state index in [4.69, 9.17) is 0 Å². The minimum Gasteiger partial charge on any atom is -0.334 e. The van der Waals surface area contributed by atoms with Gasteiger partial charge in [-0.25, -0.2) is 9.37 Å². The number of benzene rings is 1. The van der Waals surface area contributed by atoms with Gasteiger partial charge in [0.2, 0.25) is 0 Å². The Hall–Kier alpha value is -2.24. The van der Waals surface area contributed by atoms with Crippen molar-refractivity contribution in [2.24, 2.45) is 0 Å². The van der Waals surface area contributed by atoms with Crippen LogP contribution in [-0.2, 0) is 6.54 Å². The summed E-state index contributed by atoms with van der Waals surface area (Å²) in [6.45, 7) is 3.81. The van der Waals surface area contributed by atoms with Crippen LogP contribution in [0.15, 0.2) is 18.2 Å². The fraction of sp³-hybridized carbons (Fsp3) is 0.308. The Morgan fingerprint density at radius 1 is 1.42 bits per heavy atom. The maximum atomic E-state index is 13.0. The van der Waals surface area contributed by atoms with Crippen LogP contribution < -0.4 is 0 Å². The molecule has 1 N–H and O–H groups in total. The predicted molar refractivity (Wildman–Crippen MR) is 68.1 cm³/mol. The molecule has 0 saturated heterocycles. The molecule has 2 aromatic rings. The zero-order valence-corrected chi connectivity index (χ0v) is 11.1. The molecule has 1 aromatic heterocycles. The highest BCUT2D eigenvalue weighted by Crippen LogP contribution is 2.13. The maximum absolute atomic E-state index is 13.0. The highest BCUT2D eigenvalue weighted by Gasteiger charge is 2.16. The standard InChI is InChI=1S/C13H15FN4O/c1-8-6-10(14)4-5-11(8)13(19)18(3)7-12-15-9(2)16-17-12/h4-6H,7H2,1-3H3,(H,15,16,17). The SMILES string of the molecule is Cc1nc(CN(C)C(=O)c2ccc(F)cc2C)n[nH]1. The summed E-state index contributed by atoms with van der Waals surface area (Å²) in [5.74, 6) is 0.725. The third-order valence-electron chi connectivity index (χ3n) is 2.79. The summed E-state index contributed by atoms with van der Waals surface area (Å²) >= 11 is 0. The number of aromatic amines is 1. The number of rotatable bonds is 3. The molecule has 0 radical (unpaired) electrons. The van der Waals surface area contributed by atoms with Gasteiger partial charge in [-0.3, -0.25) is 9.89 Å². The van der Waals surface area contributed by atoms with Gasteiger partial charge in [-0.1, -0.05) is 0 Å². The van der Waals surface area contributed by atoms with Gasteiger partial charge in [-0.05, 0) is 37.6 Å². The van der Waals surface area contributed by atoms with Crippen LogP contribution in [0.5, 0.6) is 0 Å². The fourth-order valence-electron chi connectivity index (χ4n) is 1.82. The lowest BCUT2D eigenvalue weighted by Crippen LogP contribution is -2.27. The van der Waals surface area contributed by atoms with E-state index in [1.54, 1.807) is 20.9 Å². The predicted octanol–water partition coefficient (Wildman–Crippen LogP) is 1.83. The molecule has 0 unspecified atom stereocenters. The van der Waals surface area contributed by atoms with Gasteiger partial charge >= 0.3 is 0 Å². The van der Waals surface area contributed by atoms with Crippen LogP contribution in [0.25, 0.3) is 0 Å². The molecule has 0 fully saturated rings. The average molecular weight is 262 g/mol. The van der Waals surface area contributed by atoms with Crippen molar-refractivity contribution in [1.29, 1.82) is 0 Å². The van der Waals surface area contributed by atoms with Crippen LogP contribution in [0.4, 0.5) is 4.39 Å². The lowest BCUT2D eigenvalue weighted by Gasteiger charge is -2.16. The molecule has 0 saturated carbocycles. The van der Waals surface area contributed by atoms with Gasteiger partial charge < -0.3 is 4.90 Å². The minimum absolute atomic E-state index is 0.181. The number of amides is 1. The summed E-state index contributed by atoms with van der Waals surface area (Å²) in [6, 6.07) is 4.12. The Morgan fingerprint density at radius 3 is 2.74 bits per heavy atom. The number of nitrogens with zero attached hydrogens (tertiary/aromatic N) is 3. The average Bonchev–Trinajstić information content (AvgIpc) is 2.74. The smallest absolute Gasteiger partial charge is 0.254 e. The molecule has 2 rings (SSSR count). The molecule has 1 heterocycles. The number of H-pyrrole nitrogens is 1. The second-order valence-corrected chi connectivity index (χ2v) is 4.46. The van der Waals surface area contributed by atoms with Gasteiger partial charge in [0.05, 0.1) is 6.54 Å². The molecule has 5 nitrogen and oxygen atoms in total. The lowest BCUT2D eigenvalue weighted by atomic mass is 10.1. The molecular formula is C13H15FN4O. The number of carbonyl (C=O) groups excluding carboxylic acids is 1. The van der Waals surface area contributed by atoms with Crippen molar-refractivity contribution in [3.8, 4) is 0 Å². The molecule has 6 heteroatoms. The van der Waals surface area contributed by atoms with Crippen molar-refractivity contribution >= 4 is 5.91 Å². The summed E-state index contributed by atoms with van der Waals surface area (Å²) in [6.07, 6.45) is 0. The zero-order chi connectivity index (χ0) is 14.0. The Labute approximate surface area is 110 Å². The molecule has 0 aliphatic carbocycles. The van der Waals surface area contributed by atoms with E-state index < -0.39 is 0 Å². The van der Waals surface area contributed by atoms with Gasteiger partial charge in [0.25, 0.3) is 5.91 Å². The molecule has 19 heavy (non-hydrogen) atoms. The second kappa shape index (κ2) is 5.17. The van der Waals surface area contributed by atoms with E-state index in [2.05, 4.69) is 15.2 Å². The van der Waals surface area contributed by atoms with Crippen LogP contribution in [0.2, 0.25) is 0 Å². The first kappa shape index (κ1) is 13.2. The van der Waals surface area contributed by atoms with Gasteiger partial charge in [0, 0.05) is 12.6 Å². The summed E-state index contributed by atoms with van der Waals surface area (Å²) < 4.78 is 13.0. The number of hydrogen-bond donors (Lipinski definition) is 1. The first-order valence-electron chi connectivity index (χ1n) is 5.87. The third kappa shape index (κ3) is 2.96. The summed E-state index contributed by atoms with van der Waals surface area (Å²) in [4.78, 5) is 17.9. The van der Waals surface area contributed by atoms with Crippen molar-refractivity contribution in [3.05, 3.63) is 46.8 Å². The summed E-state index contributed by atoms with van der Waals surface area (Å²) in [5, 5.41) is 6.70. The van der Waals surface area contributed by atoms with E-state index in [0.717, 1.165) is 0 Å². The third-order valence-corrected chi connectivity index (χ3v) is 2.79. The minimum atomic E-state index is -0.346. The van der Waals surface area contributed by atoms with Gasteiger partial charge in [-0.2, -0.15) is 5.10 Å². The van der Waals surface area contributed by atoms with Crippen LogP contribution >= 0.6 is 0 Å². The molecule has 0 spiro atoms.